The van der Waals surface area contributed by atoms with Crippen LogP contribution in [-0.4, -0.2) is 15.0 Å². The molecule has 0 bridgehead atoms. The molecule has 38 valence electrons. The Labute approximate surface area is 75.3 Å². The van der Waals surface area contributed by atoms with Crippen LogP contribution in [0.1, 0.15) is 1.43 Å². The molecule has 0 saturated heterocycles. The fourth-order valence-electron chi connectivity index (χ4n) is 0.225. The van der Waals surface area contributed by atoms with Crippen LogP contribution in [0.2, 0.25) is 5.28 Å². The van der Waals surface area contributed by atoms with Crippen LogP contribution in [0.15, 0.2) is 12.7 Å². The first-order valence-corrected chi connectivity index (χ1v) is 2.05. The van der Waals surface area contributed by atoms with Crippen LogP contribution in [0.25, 0.3) is 0 Å². The fraction of sp³-hybridized carbons (Fsp3) is 0. The summed E-state index contributed by atoms with van der Waals surface area (Å²) in [4.78, 5) is 10.6. The van der Waals surface area contributed by atoms with Crippen molar-refractivity contribution in [1.82, 2.24) is 15.0 Å². The number of rotatable bonds is 0. The molecular weight excluding hydrogens is 136 g/mol. The van der Waals surface area contributed by atoms with Gasteiger partial charge in [0.2, 0.25) is 5.28 Å². The normalized spacial score (nSPS) is 7.62. The van der Waals surface area contributed by atoms with Gasteiger partial charge in [-0.1, -0.05) is 0 Å². The van der Waals surface area contributed by atoms with Crippen molar-refractivity contribution in [2.24, 2.45) is 0 Å². The van der Waals surface area contributed by atoms with Gasteiger partial charge in [0.05, 0.1) is 0 Å². The fourth-order valence-corrected chi connectivity index (χ4v) is 0.312. The van der Waals surface area contributed by atoms with E-state index in [0.29, 0.717) is 0 Å². The summed E-state index contributed by atoms with van der Waals surface area (Å²) >= 11 is 5.28. The molecule has 0 amide bonds. The molecule has 0 aliphatic carbocycles. The van der Waals surface area contributed by atoms with E-state index in [1.54, 1.807) is 0 Å². The summed E-state index contributed by atoms with van der Waals surface area (Å²) in [6.07, 6.45) is 2.69. The van der Waals surface area contributed by atoms with E-state index in [1.807, 2.05) is 0 Å². The predicted octanol–water partition coefficient (Wildman–Crippen LogP) is -2.36. The van der Waals surface area contributed by atoms with Gasteiger partial charge in [-0.3, -0.25) is 0 Å². The van der Waals surface area contributed by atoms with Gasteiger partial charge in [-0.25, -0.2) is 15.0 Å². The number of hydrogen-bond acceptors (Lipinski definition) is 3. The van der Waals surface area contributed by atoms with E-state index in [-0.39, 0.29) is 36.3 Å². The molecule has 1 aromatic heterocycles. The third kappa shape index (κ3) is 2.57. The first kappa shape index (κ1) is 8.30. The van der Waals surface area contributed by atoms with Crippen molar-refractivity contribution in [2.45, 2.75) is 0 Å². The van der Waals surface area contributed by atoms with Crippen molar-refractivity contribution in [3.05, 3.63) is 17.9 Å². The average Bonchev–Trinajstić information content (AvgIpc) is 1.69. The largest absolute Gasteiger partial charge is 1.00 e. The molecule has 0 spiro atoms. The van der Waals surface area contributed by atoms with Crippen LogP contribution in [-0.2, 0) is 0 Å². The van der Waals surface area contributed by atoms with Gasteiger partial charge in [0.15, 0.2) is 0 Å². The van der Waals surface area contributed by atoms with Crippen LogP contribution in [0.3, 0.4) is 0 Å². The molecule has 5 heteroatoms. The quantitative estimate of drug-likeness (QED) is 0.378. The molecule has 0 fully saturated rings. The Bertz CT molecular complexity index is 149. The second kappa shape index (κ2) is 4.21. The molecule has 0 aliphatic rings. The first-order chi connectivity index (χ1) is 3.39. The zero-order chi connectivity index (χ0) is 5.11. The van der Waals surface area contributed by atoms with Crippen LogP contribution in [0.5, 0.6) is 0 Å². The van der Waals surface area contributed by atoms with Gasteiger partial charge in [0.1, 0.15) is 12.7 Å². The summed E-state index contributed by atoms with van der Waals surface area (Å²) < 4.78 is 0. The Morgan fingerprint density at radius 2 is 1.88 bits per heavy atom. The van der Waals surface area contributed by atoms with E-state index in [2.05, 4.69) is 15.0 Å². The van der Waals surface area contributed by atoms with Crippen molar-refractivity contribution in [1.29, 1.82) is 0 Å². The summed E-state index contributed by atoms with van der Waals surface area (Å²) in [5.74, 6) is 0. The molecule has 0 atom stereocenters. The molecule has 0 aromatic carbocycles. The first-order valence-electron chi connectivity index (χ1n) is 1.67. The summed E-state index contributed by atoms with van der Waals surface area (Å²) in [5, 5.41) is 0.231. The van der Waals surface area contributed by atoms with Crippen LogP contribution in [0.4, 0.5) is 0 Å². The Morgan fingerprint density at radius 1 is 1.38 bits per heavy atom. The van der Waals surface area contributed by atoms with Gasteiger partial charge in [-0.2, -0.15) is 0 Å². The minimum atomic E-state index is 0. The molecule has 1 aromatic rings. The van der Waals surface area contributed by atoms with Gasteiger partial charge >= 0.3 is 29.6 Å². The summed E-state index contributed by atoms with van der Waals surface area (Å²) in [6, 6.07) is 0. The summed E-state index contributed by atoms with van der Waals surface area (Å²) in [6.45, 7) is 0. The third-order valence-electron chi connectivity index (χ3n) is 0.462. The van der Waals surface area contributed by atoms with Gasteiger partial charge in [-0.15, -0.1) is 0 Å². The van der Waals surface area contributed by atoms with Gasteiger partial charge < -0.3 is 1.43 Å². The Hall–Kier alpha value is 0.300. The standard InChI is InChI=1S/C3H2ClN3.Na.H/c4-3-6-1-5-2-7-3;;/h1-2H;;/q;+1;-1. The molecule has 0 aliphatic heterocycles. The number of aromatic nitrogens is 3. The van der Waals surface area contributed by atoms with E-state index in [4.69, 9.17) is 11.6 Å². The maximum Gasteiger partial charge on any atom is 1.00 e. The SMILES string of the molecule is Clc1ncncn1.[H-].[Na+]. The third-order valence-corrected chi connectivity index (χ3v) is 0.657. The monoisotopic (exact) mass is 139 g/mol. The predicted molar refractivity (Wildman–Crippen MR) is 25.9 cm³/mol. The average molecular weight is 140 g/mol. The number of halogens is 1. The Kier molecular flexibility index (Phi) is 4.36. The zero-order valence-corrected chi connectivity index (χ0v) is 7.13. The van der Waals surface area contributed by atoms with Crippen molar-refractivity contribution in [3.8, 4) is 0 Å². The molecule has 0 unspecified atom stereocenters. The topological polar surface area (TPSA) is 38.7 Å². The van der Waals surface area contributed by atoms with Crippen molar-refractivity contribution >= 4 is 11.6 Å². The second-order valence-electron chi connectivity index (χ2n) is 0.907. The van der Waals surface area contributed by atoms with Gasteiger partial charge in [0, 0.05) is 0 Å². The van der Waals surface area contributed by atoms with Crippen molar-refractivity contribution in [3.63, 3.8) is 0 Å². The number of nitrogens with zero attached hydrogens (tertiary/aromatic N) is 3. The van der Waals surface area contributed by atoms with E-state index in [1.165, 1.54) is 12.7 Å². The molecular formula is C3H3ClN3Na. The molecule has 1 rings (SSSR count). The van der Waals surface area contributed by atoms with Crippen molar-refractivity contribution in [2.75, 3.05) is 0 Å². The summed E-state index contributed by atoms with van der Waals surface area (Å²) in [5.41, 5.74) is 0. The van der Waals surface area contributed by atoms with Crippen LogP contribution >= 0.6 is 11.6 Å². The van der Waals surface area contributed by atoms with Crippen LogP contribution < -0.4 is 29.6 Å². The molecule has 0 radical (unpaired) electrons. The molecule has 0 saturated carbocycles. The molecule has 3 nitrogen and oxygen atoms in total. The van der Waals surface area contributed by atoms with Gasteiger partial charge in [-0.05, 0) is 11.6 Å². The van der Waals surface area contributed by atoms with E-state index in [9.17, 15) is 0 Å². The second-order valence-corrected chi connectivity index (χ2v) is 1.25. The van der Waals surface area contributed by atoms with Crippen molar-refractivity contribution < 1.29 is 31.0 Å². The smallest absolute Gasteiger partial charge is 1.00 e. The van der Waals surface area contributed by atoms with Gasteiger partial charge in [0.25, 0.3) is 0 Å². The zero-order valence-electron chi connectivity index (χ0n) is 5.37. The Morgan fingerprint density at radius 3 is 2.12 bits per heavy atom. The molecule has 8 heavy (non-hydrogen) atoms. The Balaban J connectivity index is 0. The maximum absolute atomic E-state index is 5.28. The molecule has 0 N–H and O–H groups in total. The maximum atomic E-state index is 5.28. The number of hydrogen-bond donors (Lipinski definition) is 0. The van der Waals surface area contributed by atoms with E-state index in [0.717, 1.165) is 0 Å². The van der Waals surface area contributed by atoms with E-state index < -0.39 is 0 Å². The minimum absolute atomic E-state index is 0. The molecule has 1 heterocycles. The van der Waals surface area contributed by atoms with E-state index >= 15 is 0 Å². The van der Waals surface area contributed by atoms with Crippen LogP contribution in [0, 0.1) is 0 Å². The minimum Gasteiger partial charge on any atom is -1.00 e. The summed E-state index contributed by atoms with van der Waals surface area (Å²) in [7, 11) is 0.